The fourth-order valence-electron chi connectivity index (χ4n) is 2.05. The average Bonchev–Trinajstić information content (AvgIpc) is 2.35. The Hall–Kier alpha value is -1.19. The standard InChI is InChI=1S/C11H20N2O6S/c1-7(2)5-12-20(18,19)13-4-3-8(10(14)15)9(6-13)11(16)17/h7-9,12H,3-6H2,1-2H3,(H,14,15)(H,16,17). The average molecular weight is 308 g/mol. The number of carboxylic acids is 2. The molecule has 0 spiro atoms. The van der Waals surface area contributed by atoms with E-state index in [0.29, 0.717) is 0 Å². The molecule has 2 unspecified atom stereocenters. The molecule has 8 nitrogen and oxygen atoms in total. The summed E-state index contributed by atoms with van der Waals surface area (Å²) < 4.78 is 27.4. The van der Waals surface area contributed by atoms with Gasteiger partial charge in [-0.05, 0) is 12.3 Å². The molecule has 0 bridgehead atoms. The number of aliphatic carboxylic acids is 2. The predicted octanol–water partition coefficient (Wildman–Crippen LogP) is -0.416. The minimum absolute atomic E-state index is 0.00507. The second-order valence-electron chi connectivity index (χ2n) is 5.28. The molecule has 0 aromatic carbocycles. The predicted molar refractivity (Wildman–Crippen MR) is 70.2 cm³/mol. The van der Waals surface area contributed by atoms with Gasteiger partial charge >= 0.3 is 11.9 Å². The number of carboxylic acid groups (broad SMARTS) is 2. The lowest BCUT2D eigenvalue weighted by Crippen LogP contribution is -2.52. The normalized spacial score (nSPS) is 24.8. The Morgan fingerprint density at radius 2 is 1.80 bits per heavy atom. The highest BCUT2D eigenvalue weighted by Crippen LogP contribution is 2.25. The van der Waals surface area contributed by atoms with E-state index >= 15 is 0 Å². The molecule has 1 aliphatic heterocycles. The van der Waals surface area contributed by atoms with Gasteiger partial charge in [0, 0.05) is 19.6 Å². The van der Waals surface area contributed by atoms with Crippen molar-refractivity contribution in [1.82, 2.24) is 9.03 Å². The zero-order valence-electron chi connectivity index (χ0n) is 11.4. The maximum absolute atomic E-state index is 12.0. The van der Waals surface area contributed by atoms with E-state index in [4.69, 9.17) is 10.2 Å². The van der Waals surface area contributed by atoms with Gasteiger partial charge in [0.05, 0.1) is 11.8 Å². The van der Waals surface area contributed by atoms with Crippen molar-refractivity contribution in [3.63, 3.8) is 0 Å². The van der Waals surface area contributed by atoms with Crippen LogP contribution in [0.5, 0.6) is 0 Å². The van der Waals surface area contributed by atoms with Gasteiger partial charge in [0.1, 0.15) is 0 Å². The summed E-state index contributed by atoms with van der Waals surface area (Å²) in [5.74, 6) is -4.65. The van der Waals surface area contributed by atoms with E-state index in [-0.39, 0.29) is 32.0 Å². The van der Waals surface area contributed by atoms with E-state index in [1.54, 1.807) is 0 Å². The maximum atomic E-state index is 12.0. The summed E-state index contributed by atoms with van der Waals surface area (Å²) in [4.78, 5) is 22.1. The number of rotatable bonds is 6. The van der Waals surface area contributed by atoms with Gasteiger partial charge in [0.2, 0.25) is 0 Å². The first kappa shape index (κ1) is 16.9. The molecule has 1 saturated heterocycles. The molecule has 116 valence electrons. The van der Waals surface area contributed by atoms with Crippen LogP contribution in [0.3, 0.4) is 0 Å². The van der Waals surface area contributed by atoms with E-state index in [2.05, 4.69) is 4.72 Å². The number of nitrogens with zero attached hydrogens (tertiary/aromatic N) is 1. The van der Waals surface area contributed by atoms with Gasteiger partial charge in [-0.3, -0.25) is 9.59 Å². The van der Waals surface area contributed by atoms with Crippen LogP contribution in [0, 0.1) is 17.8 Å². The van der Waals surface area contributed by atoms with Gasteiger partial charge in [0.25, 0.3) is 10.2 Å². The number of hydrogen-bond donors (Lipinski definition) is 3. The van der Waals surface area contributed by atoms with E-state index in [1.165, 1.54) is 0 Å². The van der Waals surface area contributed by atoms with Gasteiger partial charge in [-0.2, -0.15) is 12.7 Å². The third kappa shape index (κ3) is 4.15. The molecule has 9 heteroatoms. The fraction of sp³-hybridized carbons (Fsp3) is 0.818. The molecular weight excluding hydrogens is 288 g/mol. The van der Waals surface area contributed by atoms with Crippen LogP contribution in [0.1, 0.15) is 20.3 Å². The highest BCUT2D eigenvalue weighted by atomic mass is 32.2. The van der Waals surface area contributed by atoms with Gasteiger partial charge in [-0.1, -0.05) is 13.8 Å². The lowest BCUT2D eigenvalue weighted by atomic mass is 9.86. The smallest absolute Gasteiger partial charge is 0.308 e. The summed E-state index contributed by atoms with van der Waals surface area (Å²) in [5, 5.41) is 18.0. The first-order chi connectivity index (χ1) is 9.15. The van der Waals surface area contributed by atoms with Crippen LogP contribution < -0.4 is 4.72 Å². The summed E-state index contributed by atoms with van der Waals surface area (Å²) in [5.41, 5.74) is 0. The molecule has 0 radical (unpaired) electrons. The highest BCUT2D eigenvalue weighted by Gasteiger charge is 2.41. The van der Waals surface area contributed by atoms with Gasteiger partial charge in [-0.15, -0.1) is 0 Å². The van der Waals surface area contributed by atoms with Crippen LogP contribution in [0.4, 0.5) is 0 Å². The third-order valence-electron chi connectivity index (χ3n) is 3.22. The molecule has 0 aliphatic carbocycles. The van der Waals surface area contributed by atoms with Gasteiger partial charge < -0.3 is 10.2 Å². The SMILES string of the molecule is CC(C)CNS(=O)(=O)N1CCC(C(=O)O)C(C(=O)O)C1. The number of piperidine rings is 1. The van der Waals surface area contributed by atoms with Crippen LogP contribution >= 0.6 is 0 Å². The van der Waals surface area contributed by atoms with Crippen molar-refractivity contribution in [2.24, 2.45) is 17.8 Å². The summed E-state index contributed by atoms with van der Waals surface area (Å²) in [7, 11) is -3.77. The van der Waals surface area contributed by atoms with Crippen molar-refractivity contribution in [1.29, 1.82) is 0 Å². The van der Waals surface area contributed by atoms with Crippen LogP contribution in [0.2, 0.25) is 0 Å². The molecule has 0 aromatic rings. The number of hydrogen-bond acceptors (Lipinski definition) is 4. The van der Waals surface area contributed by atoms with Gasteiger partial charge in [0.15, 0.2) is 0 Å². The Labute approximate surface area is 118 Å². The van der Waals surface area contributed by atoms with Crippen molar-refractivity contribution >= 4 is 22.1 Å². The zero-order chi connectivity index (χ0) is 15.5. The largest absolute Gasteiger partial charge is 0.481 e. The Morgan fingerprint density at radius 3 is 2.25 bits per heavy atom. The number of carbonyl (C=O) groups is 2. The second-order valence-corrected chi connectivity index (χ2v) is 7.04. The van der Waals surface area contributed by atoms with E-state index in [0.717, 1.165) is 4.31 Å². The Morgan fingerprint density at radius 1 is 1.25 bits per heavy atom. The molecule has 0 aromatic heterocycles. The van der Waals surface area contributed by atoms with Crippen LogP contribution in [0.25, 0.3) is 0 Å². The first-order valence-electron chi connectivity index (χ1n) is 6.35. The molecule has 0 amide bonds. The molecule has 0 saturated carbocycles. The lowest BCUT2D eigenvalue weighted by Gasteiger charge is -2.33. The van der Waals surface area contributed by atoms with Crippen molar-refractivity contribution < 1.29 is 28.2 Å². The minimum Gasteiger partial charge on any atom is -0.481 e. The van der Waals surface area contributed by atoms with Crippen LogP contribution in [0.15, 0.2) is 0 Å². The van der Waals surface area contributed by atoms with Crippen LogP contribution in [-0.2, 0) is 19.8 Å². The monoisotopic (exact) mass is 308 g/mol. The van der Waals surface area contributed by atoms with Gasteiger partial charge in [-0.25, -0.2) is 4.72 Å². The lowest BCUT2D eigenvalue weighted by molar-refractivity contribution is -0.156. The molecule has 2 atom stereocenters. The third-order valence-corrected chi connectivity index (χ3v) is 4.77. The first-order valence-corrected chi connectivity index (χ1v) is 7.79. The molecular formula is C11H20N2O6S. The number of nitrogens with one attached hydrogen (secondary N) is 1. The van der Waals surface area contributed by atoms with E-state index in [1.807, 2.05) is 13.8 Å². The topological polar surface area (TPSA) is 124 Å². The second kappa shape index (κ2) is 6.51. The molecule has 1 rings (SSSR count). The summed E-state index contributed by atoms with van der Waals surface area (Å²) >= 11 is 0. The molecule has 3 N–H and O–H groups in total. The van der Waals surface area contributed by atoms with E-state index in [9.17, 15) is 18.0 Å². The minimum atomic E-state index is -3.77. The molecule has 1 heterocycles. The Kier molecular flexibility index (Phi) is 5.49. The summed E-state index contributed by atoms with van der Waals surface area (Å²) in [6, 6.07) is 0. The quantitative estimate of drug-likeness (QED) is 0.612. The van der Waals surface area contributed by atoms with Crippen molar-refractivity contribution in [2.45, 2.75) is 20.3 Å². The maximum Gasteiger partial charge on any atom is 0.308 e. The fourth-order valence-corrected chi connectivity index (χ4v) is 3.48. The zero-order valence-corrected chi connectivity index (χ0v) is 12.3. The molecule has 20 heavy (non-hydrogen) atoms. The summed E-state index contributed by atoms with van der Waals surface area (Å²) in [6.07, 6.45) is -0.00507. The molecule has 1 fully saturated rings. The van der Waals surface area contributed by atoms with Crippen molar-refractivity contribution in [3.8, 4) is 0 Å². The Balaban J connectivity index is 2.80. The van der Waals surface area contributed by atoms with Crippen molar-refractivity contribution in [2.75, 3.05) is 19.6 Å². The van der Waals surface area contributed by atoms with Crippen molar-refractivity contribution in [3.05, 3.63) is 0 Å². The van der Waals surface area contributed by atoms with E-state index < -0.39 is 34.0 Å². The highest BCUT2D eigenvalue weighted by molar-refractivity contribution is 7.87. The van der Waals surface area contributed by atoms with Crippen LogP contribution in [-0.4, -0.2) is 54.5 Å². The summed E-state index contributed by atoms with van der Waals surface area (Å²) in [6.45, 7) is 3.63. The molecule has 1 aliphatic rings. The Bertz CT molecular complexity index is 475.